The number of aryl methyl sites for hydroxylation is 1. The van der Waals surface area contributed by atoms with Gasteiger partial charge in [-0.2, -0.15) is 0 Å². The Morgan fingerprint density at radius 3 is 2.65 bits per heavy atom. The molecule has 0 bridgehead atoms. The molecule has 0 spiro atoms. The van der Waals surface area contributed by atoms with E-state index in [9.17, 15) is 4.79 Å². The Morgan fingerprint density at radius 2 is 2.18 bits per heavy atom. The Hall–Kier alpha value is -1.14. The maximum Gasteiger partial charge on any atom is 0.356 e. The van der Waals surface area contributed by atoms with E-state index in [0.717, 1.165) is 12.7 Å². The van der Waals surface area contributed by atoms with Gasteiger partial charge in [-0.3, -0.25) is 0 Å². The second kappa shape index (κ2) is 5.46. The Labute approximate surface area is 102 Å². The number of rotatable bonds is 6. The summed E-state index contributed by atoms with van der Waals surface area (Å²) in [4.78, 5) is 14.6. The van der Waals surface area contributed by atoms with E-state index in [0.29, 0.717) is 12.6 Å². The summed E-state index contributed by atoms with van der Waals surface area (Å²) >= 11 is 0. The number of hydrogen-bond acceptors (Lipinski definition) is 3. The van der Waals surface area contributed by atoms with Gasteiger partial charge in [0.2, 0.25) is 0 Å². The van der Waals surface area contributed by atoms with E-state index < -0.39 is 14.0 Å². The summed E-state index contributed by atoms with van der Waals surface area (Å²) in [5.74, 6) is -0.343. The van der Waals surface area contributed by atoms with Crippen LogP contribution in [0, 0.1) is 6.92 Å². The van der Waals surface area contributed by atoms with Crippen LogP contribution in [-0.2, 0) is 11.5 Å². The Bertz CT molecular complexity index is 396. The molecule has 0 fully saturated rings. The zero-order chi connectivity index (χ0) is 13.1. The molecule has 0 aliphatic carbocycles. The topological polar surface area (TPSA) is 64.3 Å². The molecule has 0 aromatic carbocycles. The van der Waals surface area contributed by atoms with Crippen LogP contribution in [-0.4, -0.2) is 35.3 Å². The van der Waals surface area contributed by atoms with Crippen molar-refractivity contribution < 1.29 is 14.6 Å². The van der Waals surface area contributed by atoms with E-state index in [-0.39, 0.29) is 5.69 Å². The van der Waals surface area contributed by atoms with Crippen LogP contribution in [0.3, 0.4) is 0 Å². The first-order valence-corrected chi connectivity index (χ1v) is 9.35. The van der Waals surface area contributed by atoms with E-state index in [1.165, 1.54) is 6.20 Å². The highest BCUT2D eigenvalue weighted by Gasteiger charge is 2.13. The number of hydrogen-bond donors (Lipinski definition) is 1. The molecule has 0 unspecified atom stereocenters. The molecule has 1 N–H and O–H groups in total. The summed E-state index contributed by atoms with van der Waals surface area (Å²) in [6, 6.07) is 1.10. The molecule has 1 heterocycles. The zero-order valence-corrected chi connectivity index (χ0v) is 11.9. The van der Waals surface area contributed by atoms with E-state index in [1.807, 2.05) is 0 Å². The van der Waals surface area contributed by atoms with Crippen molar-refractivity contribution in [1.29, 1.82) is 0 Å². The lowest BCUT2D eigenvalue weighted by molar-refractivity contribution is 0.0689. The van der Waals surface area contributed by atoms with Gasteiger partial charge in [0.1, 0.15) is 12.6 Å². The van der Waals surface area contributed by atoms with Crippen molar-refractivity contribution in [2.24, 2.45) is 0 Å². The normalized spacial score (nSPS) is 11.8. The number of aromatic nitrogens is 2. The fourth-order valence-electron chi connectivity index (χ4n) is 1.28. The van der Waals surface area contributed by atoms with Gasteiger partial charge < -0.3 is 14.4 Å². The van der Waals surface area contributed by atoms with Crippen LogP contribution in [0.2, 0.25) is 25.7 Å². The van der Waals surface area contributed by atoms with Crippen molar-refractivity contribution in [3.8, 4) is 0 Å². The van der Waals surface area contributed by atoms with E-state index in [4.69, 9.17) is 9.84 Å². The SMILES string of the molecule is Cc1nc(C(=O)O)cn1COCC[Si](C)(C)C. The van der Waals surface area contributed by atoms with Crippen LogP contribution >= 0.6 is 0 Å². The van der Waals surface area contributed by atoms with Gasteiger partial charge in [0.15, 0.2) is 5.69 Å². The summed E-state index contributed by atoms with van der Waals surface area (Å²) in [5, 5.41) is 8.79. The zero-order valence-electron chi connectivity index (χ0n) is 10.9. The maximum absolute atomic E-state index is 10.7. The van der Waals surface area contributed by atoms with E-state index >= 15 is 0 Å². The lowest BCUT2D eigenvalue weighted by Gasteiger charge is -2.15. The molecule has 0 aliphatic heterocycles. The van der Waals surface area contributed by atoms with Gasteiger partial charge in [-0.1, -0.05) is 19.6 Å². The summed E-state index contributed by atoms with van der Waals surface area (Å²) < 4.78 is 7.25. The molecule has 0 amide bonds. The van der Waals surface area contributed by atoms with Crippen LogP contribution in [0.15, 0.2) is 6.20 Å². The van der Waals surface area contributed by atoms with E-state index in [2.05, 4.69) is 24.6 Å². The van der Waals surface area contributed by atoms with Gasteiger partial charge in [-0.05, 0) is 13.0 Å². The number of imidazole rings is 1. The highest BCUT2D eigenvalue weighted by molar-refractivity contribution is 6.76. The van der Waals surface area contributed by atoms with Crippen LogP contribution < -0.4 is 0 Å². The molecule has 0 radical (unpaired) electrons. The molecule has 96 valence electrons. The van der Waals surface area contributed by atoms with Crippen LogP contribution in [0.5, 0.6) is 0 Å². The van der Waals surface area contributed by atoms with Crippen LogP contribution in [0.1, 0.15) is 16.3 Å². The van der Waals surface area contributed by atoms with Crippen molar-refractivity contribution in [2.45, 2.75) is 39.3 Å². The minimum absolute atomic E-state index is 0.0660. The lowest BCUT2D eigenvalue weighted by atomic mass is 10.5. The molecule has 0 saturated carbocycles. The summed E-state index contributed by atoms with van der Waals surface area (Å²) in [6.45, 7) is 9.74. The second-order valence-electron chi connectivity index (χ2n) is 5.30. The average Bonchev–Trinajstić information content (AvgIpc) is 2.54. The highest BCUT2D eigenvalue weighted by atomic mass is 28.3. The Kier molecular flexibility index (Phi) is 4.47. The standard InChI is InChI=1S/C11H20N2O3Si/c1-9-12-10(11(14)15)7-13(9)8-16-5-6-17(2,3)4/h7H,5-6,8H2,1-4H3,(H,14,15). The van der Waals surface area contributed by atoms with Crippen molar-refractivity contribution >= 4 is 14.0 Å². The van der Waals surface area contributed by atoms with Crippen molar-refractivity contribution in [3.05, 3.63) is 17.7 Å². The second-order valence-corrected chi connectivity index (χ2v) is 10.9. The first kappa shape index (κ1) is 13.9. The van der Waals surface area contributed by atoms with E-state index in [1.54, 1.807) is 11.5 Å². The highest BCUT2D eigenvalue weighted by Crippen LogP contribution is 2.08. The molecule has 1 aromatic rings. The minimum Gasteiger partial charge on any atom is -0.476 e. The van der Waals surface area contributed by atoms with Gasteiger partial charge in [-0.15, -0.1) is 0 Å². The number of carboxylic acid groups (broad SMARTS) is 1. The summed E-state index contributed by atoms with van der Waals surface area (Å²) in [7, 11) is -1.07. The first-order valence-electron chi connectivity index (χ1n) is 5.64. The molecular weight excluding hydrogens is 236 g/mol. The predicted molar refractivity (Wildman–Crippen MR) is 68.0 cm³/mol. The fraction of sp³-hybridized carbons (Fsp3) is 0.636. The third kappa shape index (κ3) is 4.70. The molecule has 0 aliphatic rings. The van der Waals surface area contributed by atoms with Crippen molar-refractivity contribution in [2.75, 3.05) is 6.61 Å². The maximum atomic E-state index is 10.7. The minimum atomic E-state index is -1.07. The molecule has 17 heavy (non-hydrogen) atoms. The van der Waals surface area contributed by atoms with Gasteiger partial charge in [0.25, 0.3) is 0 Å². The Balaban J connectivity index is 2.44. The molecular formula is C11H20N2O3Si. The fourth-order valence-corrected chi connectivity index (χ4v) is 2.04. The summed E-state index contributed by atoms with van der Waals surface area (Å²) in [5.41, 5.74) is 0.0660. The number of aromatic carboxylic acids is 1. The van der Waals surface area contributed by atoms with Gasteiger partial charge >= 0.3 is 5.97 Å². The molecule has 1 rings (SSSR count). The van der Waals surface area contributed by atoms with Crippen molar-refractivity contribution in [1.82, 2.24) is 9.55 Å². The van der Waals surface area contributed by atoms with Gasteiger partial charge in [0.05, 0.1) is 0 Å². The van der Waals surface area contributed by atoms with Gasteiger partial charge in [-0.25, -0.2) is 9.78 Å². The predicted octanol–water partition coefficient (Wildman–Crippen LogP) is 2.20. The number of carbonyl (C=O) groups is 1. The van der Waals surface area contributed by atoms with Crippen molar-refractivity contribution in [3.63, 3.8) is 0 Å². The smallest absolute Gasteiger partial charge is 0.356 e. The summed E-state index contributed by atoms with van der Waals surface area (Å²) in [6.07, 6.45) is 1.51. The molecule has 6 heteroatoms. The van der Waals surface area contributed by atoms with Gasteiger partial charge in [0, 0.05) is 20.9 Å². The third-order valence-corrected chi connectivity index (χ3v) is 4.13. The largest absolute Gasteiger partial charge is 0.476 e. The molecule has 1 aromatic heterocycles. The number of ether oxygens (including phenoxy) is 1. The first-order chi connectivity index (χ1) is 7.79. The Morgan fingerprint density at radius 1 is 1.53 bits per heavy atom. The number of carboxylic acids is 1. The molecule has 5 nitrogen and oxygen atoms in total. The molecule has 0 atom stereocenters. The number of nitrogens with zero attached hydrogens (tertiary/aromatic N) is 2. The lowest BCUT2D eigenvalue weighted by Crippen LogP contribution is -2.22. The third-order valence-electron chi connectivity index (χ3n) is 2.42. The average molecular weight is 256 g/mol. The van der Waals surface area contributed by atoms with Crippen LogP contribution in [0.4, 0.5) is 0 Å². The quantitative estimate of drug-likeness (QED) is 0.626. The van der Waals surface area contributed by atoms with Crippen LogP contribution in [0.25, 0.3) is 0 Å². The monoisotopic (exact) mass is 256 g/mol. The molecule has 0 saturated heterocycles.